The van der Waals surface area contributed by atoms with E-state index < -0.39 is 0 Å². The number of aromatic nitrogens is 3. The van der Waals surface area contributed by atoms with Gasteiger partial charge in [-0.05, 0) is 31.5 Å². The van der Waals surface area contributed by atoms with Crippen LogP contribution in [0.4, 0.5) is 0 Å². The lowest BCUT2D eigenvalue weighted by Crippen LogP contribution is -2.36. The third-order valence-electron chi connectivity index (χ3n) is 4.55. The summed E-state index contributed by atoms with van der Waals surface area (Å²) in [5.74, 6) is 7.41. The molecular formula is C21H25N5O2S. The lowest BCUT2D eigenvalue weighted by atomic mass is 10.2. The molecule has 0 saturated heterocycles. The molecule has 0 aliphatic heterocycles. The van der Waals surface area contributed by atoms with Gasteiger partial charge in [0.1, 0.15) is 5.75 Å². The molecular weight excluding hydrogens is 386 g/mol. The second kappa shape index (κ2) is 9.47. The van der Waals surface area contributed by atoms with Crippen molar-refractivity contribution in [1.82, 2.24) is 19.8 Å². The molecule has 8 heteroatoms. The van der Waals surface area contributed by atoms with Crippen LogP contribution in [0.1, 0.15) is 19.4 Å². The molecule has 3 rings (SSSR count). The summed E-state index contributed by atoms with van der Waals surface area (Å²) in [4.78, 5) is 14.8. The highest BCUT2D eigenvalue weighted by Crippen LogP contribution is 2.30. The molecule has 0 fully saturated rings. The van der Waals surface area contributed by atoms with Crippen molar-refractivity contribution < 1.29 is 9.53 Å². The van der Waals surface area contributed by atoms with Crippen LogP contribution in [0.15, 0.2) is 59.8 Å². The van der Waals surface area contributed by atoms with Gasteiger partial charge in [0.15, 0.2) is 5.82 Å². The Labute approximate surface area is 174 Å². The highest BCUT2D eigenvalue weighted by molar-refractivity contribution is 8.00. The van der Waals surface area contributed by atoms with E-state index in [4.69, 9.17) is 10.6 Å². The van der Waals surface area contributed by atoms with Gasteiger partial charge >= 0.3 is 0 Å². The topological polar surface area (TPSA) is 86.3 Å². The van der Waals surface area contributed by atoms with E-state index in [1.54, 1.807) is 7.11 Å². The quantitative estimate of drug-likeness (QED) is 0.452. The Morgan fingerprint density at radius 1 is 1.17 bits per heavy atom. The number of carbonyl (C=O) groups is 1. The van der Waals surface area contributed by atoms with Crippen molar-refractivity contribution in [3.8, 4) is 17.1 Å². The average molecular weight is 412 g/mol. The summed E-state index contributed by atoms with van der Waals surface area (Å²) in [6.45, 7) is 5.03. The summed E-state index contributed by atoms with van der Waals surface area (Å²) in [6, 6.07) is 17.4. The van der Waals surface area contributed by atoms with E-state index in [9.17, 15) is 4.79 Å². The molecule has 2 N–H and O–H groups in total. The first-order chi connectivity index (χ1) is 14.0. The maximum Gasteiger partial charge on any atom is 0.236 e. The summed E-state index contributed by atoms with van der Waals surface area (Å²) in [5.41, 5.74) is 1.84. The highest BCUT2D eigenvalue weighted by Gasteiger charge is 2.24. The molecule has 0 aliphatic carbocycles. The molecule has 0 bridgehead atoms. The van der Waals surface area contributed by atoms with Crippen LogP contribution in [0.2, 0.25) is 0 Å². The Balaban J connectivity index is 1.74. The maximum absolute atomic E-state index is 13.0. The molecule has 1 atom stereocenters. The fraction of sp³-hybridized carbons (Fsp3) is 0.286. The smallest absolute Gasteiger partial charge is 0.236 e. The average Bonchev–Trinajstić information content (AvgIpc) is 3.12. The molecule has 1 aromatic heterocycles. The van der Waals surface area contributed by atoms with Crippen LogP contribution in [-0.2, 0) is 11.3 Å². The largest absolute Gasteiger partial charge is 0.496 e. The van der Waals surface area contributed by atoms with E-state index in [0.29, 0.717) is 29.8 Å². The number of hydrogen-bond donors (Lipinski definition) is 1. The van der Waals surface area contributed by atoms with Crippen molar-refractivity contribution in [1.29, 1.82) is 0 Å². The molecule has 0 aliphatic rings. The monoisotopic (exact) mass is 411 g/mol. The van der Waals surface area contributed by atoms with Crippen LogP contribution in [0.3, 0.4) is 0 Å². The summed E-state index contributed by atoms with van der Waals surface area (Å²) in [5, 5.41) is 8.51. The summed E-state index contributed by atoms with van der Waals surface area (Å²) in [7, 11) is 1.60. The van der Waals surface area contributed by atoms with Gasteiger partial charge in [-0.25, -0.2) is 4.68 Å². The van der Waals surface area contributed by atoms with E-state index >= 15 is 0 Å². The van der Waals surface area contributed by atoms with Crippen molar-refractivity contribution in [3.63, 3.8) is 0 Å². The van der Waals surface area contributed by atoms with Gasteiger partial charge in [-0.3, -0.25) is 4.79 Å². The Morgan fingerprint density at radius 3 is 2.55 bits per heavy atom. The first kappa shape index (κ1) is 20.7. The van der Waals surface area contributed by atoms with Gasteiger partial charge < -0.3 is 15.5 Å². The van der Waals surface area contributed by atoms with Crippen molar-refractivity contribution >= 4 is 17.7 Å². The van der Waals surface area contributed by atoms with Gasteiger partial charge in [0.25, 0.3) is 0 Å². The number of amides is 1. The number of ether oxygens (including phenoxy) is 1. The standard InChI is InChI=1S/C21H25N5O2S/c1-4-25(14-16-10-6-5-7-11-16)20(27)15(2)29-21-24-23-19(26(21)22)17-12-8-9-13-18(17)28-3/h5-13,15H,4,14,22H2,1-3H3. The van der Waals surface area contributed by atoms with Gasteiger partial charge in [-0.2, -0.15) is 0 Å². The number of benzene rings is 2. The van der Waals surface area contributed by atoms with Crippen LogP contribution in [0, 0.1) is 0 Å². The first-order valence-corrected chi connectivity index (χ1v) is 10.3. The molecule has 1 unspecified atom stereocenters. The zero-order chi connectivity index (χ0) is 20.8. The van der Waals surface area contributed by atoms with Gasteiger partial charge in [0.2, 0.25) is 11.1 Å². The van der Waals surface area contributed by atoms with E-state index in [0.717, 1.165) is 11.1 Å². The van der Waals surface area contributed by atoms with Crippen LogP contribution >= 0.6 is 11.8 Å². The zero-order valence-electron chi connectivity index (χ0n) is 16.8. The summed E-state index contributed by atoms with van der Waals surface area (Å²) in [6.07, 6.45) is 0. The second-order valence-corrected chi connectivity index (χ2v) is 7.78. The molecule has 1 heterocycles. The SMILES string of the molecule is CCN(Cc1ccccc1)C(=O)C(C)Sc1nnc(-c2ccccc2OC)n1N. The van der Waals surface area contributed by atoms with Gasteiger partial charge in [0, 0.05) is 13.1 Å². The molecule has 1 amide bonds. The number of nitrogens with zero attached hydrogens (tertiary/aromatic N) is 4. The Bertz CT molecular complexity index is 961. The number of thioether (sulfide) groups is 1. The van der Waals surface area contributed by atoms with Gasteiger partial charge in [0.05, 0.1) is 17.9 Å². The Kier molecular flexibility index (Phi) is 6.77. The Hall–Kier alpha value is -3.00. The van der Waals surface area contributed by atoms with Crippen LogP contribution in [0.25, 0.3) is 11.4 Å². The van der Waals surface area contributed by atoms with Crippen molar-refractivity contribution in [2.45, 2.75) is 30.8 Å². The normalized spacial score (nSPS) is 11.8. The first-order valence-electron chi connectivity index (χ1n) is 9.38. The number of nitrogen functional groups attached to an aromatic ring is 1. The van der Waals surface area contributed by atoms with Crippen LogP contribution in [-0.4, -0.2) is 44.6 Å². The van der Waals surface area contributed by atoms with Crippen molar-refractivity contribution in [2.75, 3.05) is 19.5 Å². The molecule has 152 valence electrons. The van der Waals surface area contributed by atoms with Crippen LogP contribution < -0.4 is 10.6 Å². The molecule has 0 radical (unpaired) electrons. The third-order valence-corrected chi connectivity index (χ3v) is 5.60. The summed E-state index contributed by atoms with van der Waals surface area (Å²) >= 11 is 1.29. The van der Waals surface area contributed by atoms with E-state index in [1.807, 2.05) is 73.3 Å². The lowest BCUT2D eigenvalue weighted by molar-refractivity contribution is -0.130. The minimum Gasteiger partial charge on any atom is -0.496 e. The van der Waals surface area contributed by atoms with E-state index in [1.165, 1.54) is 16.4 Å². The number of carbonyl (C=O) groups excluding carboxylic acids is 1. The number of para-hydroxylation sites is 1. The molecule has 3 aromatic rings. The Morgan fingerprint density at radius 2 is 1.86 bits per heavy atom. The van der Waals surface area contributed by atoms with E-state index in [2.05, 4.69) is 10.2 Å². The fourth-order valence-electron chi connectivity index (χ4n) is 2.99. The molecule has 0 spiro atoms. The number of methoxy groups -OCH3 is 1. The highest BCUT2D eigenvalue weighted by atomic mass is 32.2. The predicted molar refractivity (Wildman–Crippen MR) is 115 cm³/mol. The number of rotatable bonds is 8. The lowest BCUT2D eigenvalue weighted by Gasteiger charge is -2.24. The number of hydrogen-bond acceptors (Lipinski definition) is 6. The molecule has 2 aromatic carbocycles. The molecule has 29 heavy (non-hydrogen) atoms. The minimum atomic E-state index is -0.351. The molecule has 0 saturated carbocycles. The summed E-state index contributed by atoms with van der Waals surface area (Å²) < 4.78 is 6.78. The van der Waals surface area contributed by atoms with Gasteiger partial charge in [-0.15, -0.1) is 10.2 Å². The fourth-order valence-corrected chi connectivity index (χ4v) is 3.84. The maximum atomic E-state index is 13.0. The van der Waals surface area contributed by atoms with Crippen LogP contribution in [0.5, 0.6) is 5.75 Å². The predicted octanol–water partition coefficient (Wildman–Crippen LogP) is 3.20. The van der Waals surface area contributed by atoms with Crippen molar-refractivity contribution in [3.05, 3.63) is 60.2 Å². The zero-order valence-corrected chi connectivity index (χ0v) is 17.6. The van der Waals surface area contributed by atoms with E-state index in [-0.39, 0.29) is 11.2 Å². The second-order valence-electron chi connectivity index (χ2n) is 6.47. The third kappa shape index (κ3) is 4.71. The minimum absolute atomic E-state index is 0.0307. The number of nitrogens with two attached hydrogens (primary N) is 1. The van der Waals surface area contributed by atoms with Crippen molar-refractivity contribution in [2.24, 2.45) is 0 Å². The van der Waals surface area contributed by atoms with Gasteiger partial charge in [-0.1, -0.05) is 54.2 Å². The molecule has 7 nitrogen and oxygen atoms in total.